The SMILES string of the molecule is CC(C)(Oc1ccc(Cl)cc1)C(=O)N1CCC(S(=O)(=O)c2ccc(F)cc2)CC1. The van der Waals surface area contributed by atoms with Crippen LogP contribution >= 0.6 is 11.6 Å². The number of carbonyl (C=O) groups is 1. The molecular weight excluding hydrogens is 417 g/mol. The zero-order chi connectivity index (χ0) is 21.2. The van der Waals surface area contributed by atoms with Crippen molar-refractivity contribution in [2.24, 2.45) is 0 Å². The van der Waals surface area contributed by atoms with Crippen LogP contribution in [-0.4, -0.2) is 43.2 Å². The van der Waals surface area contributed by atoms with Crippen molar-refractivity contribution in [1.82, 2.24) is 4.90 Å². The summed E-state index contributed by atoms with van der Waals surface area (Å²) in [6.07, 6.45) is 0.644. The molecule has 8 heteroatoms. The fourth-order valence-corrected chi connectivity index (χ4v) is 5.27. The number of sulfone groups is 1. The summed E-state index contributed by atoms with van der Waals surface area (Å²) < 4.78 is 44.5. The Morgan fingerprint density at radius 2 is 1.62 bits per heavy atom. The van der Waals surface area contributed by atoms with E-state index in [9.17, 15) is 17.6 Å². The lowest BCUT2D eigenvalue weighted by Crippen LogP contribution is -2.52. The first-order valence-corrected chi connectivity index (χ1v) is 11.3. The number of piperidine rings is 1. The van der Waals surface area contributed by atoms with Gasteiger partial charge in [-0.25, -0.2) is 12.8 Å². The average Bonchev–Trinajstić information content (AvgIpc) is 2.69. The number of halogens is 2. The number of hydrogen-bond donors (Lipinski definition) is 0. The van der Waals surface area contributed by atoms with Crippen LogP contribution in [0.2, 0.25) is 5.02 Å². The highest BCUT2D eigenvalue weighted by molar-refractivity contribution is 7.92. The highest BCUT2D eigenvalue weighted by Gasteiger charge is 2.38. The van der Waals surface area contributed by atoms with Gasteiger partial charge in [0, 0.05) is 18.1 Å². The summed E-state index contributed by atoms with van der Waals surface area (Å²) in [5, 5.41) is -0.0248. The molecule has 0 N–H and O–H groups in total. The van der Waals surface area contributed by atoms with Crippen LogP contribution in [0, 0.1) is 5.82 Å². The van der Waals surface area contributed by atoms with Gasteiger partial charge >= 0.3 is 0 Å². The third kappa shape index (κ3) is 4.90. The topological polar surface area (TPSA) is 63.7 Å². The fourth-order valence-electron chi connectivity index (χ4n) is 3.41. The van der Waals surface area contributed by atoms with Gasteiger partial charge in [-0.1, -0.05) is 11.6 Å². The van der Waals surface area contributed by atoms with E-state index >= 15 is 0 Å². The van der Waals surface area contributed by atoms with Crippen LogP contribution in [0.25, 0.3) is 0 Å². The van der Waals surface area contributed by atoms with Crippen molar-refractivity contribution in [3.05, 3.63) is 59.4 Å². The van der Waals surface area contributed by atoms with Crippen molar-refractivity contribution in [3.63, 3.8) is 0 Å². The number of rotatable bonds is 5. The predicted molar refractivity (Wildman–Crippen MR) is 109 cm³/mol. The Morgan fingerprint density at radius 3 is 2.17 bits per heavy atom. The van der Waals surface area contributed by atoms with Crippen LogP contribution < -0.4 is 4.74 Å². The lowest BCUT2D eigenvalue weighted by Gasteiger charge is -2.36. The van der Waals surface area contributed by atoms with Crippen LogP contribution in [0.15, 0.2) is 53.4 Å². The average molecular weight is 440 g/mol. The van der Waals surface area contributed by atoms with E-state index in [1.165, 1.54) is 12.1 Å². The van der Waals surface area contributed by atoms with Crippen LogP contribution in [0.5, 0.6) is 5.75 Å². The number of benzene rings is 2. The van der Waals surface area contributed by atoms with Crippen LogP contribution in [0.4, 0.5) is 4.39 Å². The van der Waals surface area contributed by atoms with E-state index in [-0.39, 0.29) is 10.8 Å². The molecule has 0 spiro atoms. The lowest BCUT2D eigenvalue weighted by atomic mass is 10.0. The number of hydrogen-bond acceptors (Lipinski definition) is 4. The van der Waals surface area contributed by atoms with Gasteiger partial charge in [0.1, 0.15) is 11.6 Å². The Balaban J connectivity index is 1.64. The Hall–Kier alpha value is -2.12. The number of ether oxygens (including phenoxy) is 1. The minimum Gasteiger partial charge on any atom is -0.478 e. The molecule has 1 aliphatic heterocycles. The zero-order valence-corrected chi connectivity index (χ0v) is 17.8. The Labute approximate surface area is 175 Å². The molecule has 0 aromatic heterocycles. The Morgan fingerprint density at radius 1 is 1.07 bits per heavy atom. The first-order chi connectivity index (χ1) is 13.6. The zero-order valence-electron chi connectivity index (χ0n) is 16.3. The smallest absolute Gasteiger partial charge is 0.266 e. The van der Waals surface area contributed by atoms with E-state index in [1.54, 1.807) is 43.0 Å². The molecule has 0 bridgehead atoms. The summed E-state index contributed by atoms with van der Waals surface area (Å²) in [4.78, 5) is 14.7. The quantitative estimate of drug-likeness (QED) is 0.658. The van der Waals surface area contributed by atoms with Gasteiger partial charge < -0.3 is 9.64 Å². The number of amides is 1. The van der Waals surface area contributed by atoms with Gasteiger partial charge in [0.2, 0.25) is 0 Å². The van der Waals surface area contributed by atoms with Crippen molar-refractivity contribution < 1.29 is 22.3 Å². The van der Waals surface area contributed by atoms with Crippen molar-refractivity contribution in [3.8, 4) is 5.75 Å². The van der Waals surface area contributed by atoms with E-state index in [0.29, 0.717) is 36.7 Å². The molecule has 1 heterocycles. The maximum Gasteiger partial charge on any atom is 0.266 e. The molecule has 3 rings (SSSR count). The second kappa shape index (κ2) is 8.32. The number of carbonyl (C=O) groups excluding carboxylic acids is 1. The van der Waals surface area contributed by atoms with Gasteiger partial charge in [0.15, 0.2) is 15.4 Å². The molecule has 1 amide bonds. The highest BCUT2D eigenvalue weighted by Crippen LogP contribution is 2.27. The maximum absolute atomic E-state index is 13.1. The van der Waals surface area contributed by atoms with Gasteiger partial charge in [0.05, 0.1) is 10.1 Å². The molecule has 0 saturated carbocycles. The molecule has 2 aromatic rings. The molecule has 1 fully saturated rings. The van der Waals surface area contributed by atoms with E-state index in [4.69, 9.17) is 16.3 Å². The van der Waals surface area contributed by atoms with E-state index in [1.807, 2.05) is 0 Å². The third-order valence-electron chi connectivity index (χ3n) is 5.01. The van der Waals surface area contributed by atoms with Crippen molar-refractivity contribution in [2.75, 3.05) is 13.1 Å². The van der Waals surface area contributed by atoms with Gasteiger partial charge in [-0.05, 0) is 75.2 Å². The van der Waals surface area contributed by atoms with Crippen LogP contribution in [0.3, 0.4) is 0 Å². The first kappa shape index (κ1) is 21.6. The molecule has 1 saturated heterocycles. The molecular formula is C21H23ClFNO4S. The molecule has 0 unspecified atom stereocenters. The molecule has 2 aromatic carbocycles. The Bertz CT molecular complexity index is 967. The van der Waals surface area contributed by atoms with Gasteiger partial charge in [-0.3, -0.25) is 4.79 Å². The second-order valence-electron chi connectivity index (χ2n) is 7.56. The predicted octanol–water partition coefficient (Wildman–Crippen LogP) is 4.10. The van der Waals surface area contributed by atoms with Crippen molar-refractivity contribution in [2.45, 2.75) is 42.4 Å². The summed E-state index contributed by atoms with van der Waals surface area (Å²) in [6.45, 7) is 4.01. The summed E-state index contributed by atoms with van der Waals surface area (Å²) >= 11 is 5.87. The largest absolute Gasteiger partial charge is 0.478 e. The van der Waals surface area contributed by atoms with E-state index in [2.05, 4.69) is 0 Å². The monoisotopic (exact) mass is 439 g/mol. The third-order valence-corrected chi connectivity index (χ3v) is 7.54. The summed E-state index contributed by atoms with van der Waals surface area (Å²) in [6, 6.07) is 11.6. The first-order valence-electron chi connectivity index (χ1n) is 9.33. The maximum atomic E-state index is 13.1. The highest BCUT2D eigenvalue weighted by atomic mass is 35.5. The number of nitrogens with zero attached hydrogens (tertiary/aromatic N) is 1. The molecule has 0 aliphatic carbocycles. The van der Waals surface area contributed by atoms with E-state index < -0.39 is 26.5 Å². The Kier molecular flexibility index (Phi) is 6.19. The lowest BCUT2D eigenvalue weighted by molar-refractivity contribution is -0.146. The second-order valence-corrected chi connectivity index (χ2v) is 10.2. The molecule has 5 nitrogen and oxygen atoms in total. The van der Waals surface area contributed by atoms with Gasteiger partial charge in [0.25, 0.3) is 5.91 Å². The normalized spacial score (nSPS) is 15.9. The fraction of sp³-hybridized carbons (Fsp3) is 0.381. The number of likely N-dealkylation sites (tertiary alicyclic amines) is 1. The molecule has 156 valence electrons. The summed E-state index contributed by atoms with van der Waals surface area (Å²) in [7, 11) is -3.56. The van der Waals surface area contributed by atoms with Crippen molar-refractivity contribution >= 4 is 27.3 Å². The molecule has 1 aliphatic rings. The minimum absolute atomic E-state index is 0.107. The molecule has 29 heavy (non-hydrogen) atoms. The van der Waals surface area contributed by atoms with Crippen LogP contribution in [-0.2, 0) is 14.6 Å². The van der Waals surface area contributed by atoms with Crippen LogP contribution in [0.1, 0.15) is 26.7 Å². The molecule has 0 atom stereocenters. The molecule has 0 radical (unpaired) electrons. The van der Waals surface area contributed by atoms with Gasteiger partial charge in [-0.2, -0.15) is 0 Å². The van der Waals surface area contributed by atoms with Gasteiger partial charge in [-0.15, -0.1) is 0 Å². The minimum atomic E-state index is -3.56. The summed E-state index contributed by atoms with van der Waals surface area (Å²) in [5.74, 6) is -0.154. The standard InChI is InChI=1S/C21H23ClFNO4S/c1-21(2,28-17-7-3-15(22)4-8-17)20(25)24-13-11-19(12-14-24)29(26,27)18-9-5-16(23)6-10-18/h3-10,19H,11-14H2,1-2H3. The van der Waals surface area contributed by atoms with E-state index in [0.717, 1.165) is 12.1 Å². The van der Waals surface area contributed by atoms with Crippen molar-refractivity contribution in [1.29, 1.82) is 0 Å². The summed E-state index contributed by atoms with van der Waals surface area (Å²) in [5.41, 5.74) is -1.10.